The van der Waals surface area contributed by atoms with E-state index in [0.717, 1.165) is 17.0 Å². The topological polar surface area (TPSA) is 46.5 Å². The van der Waals surface area contributed by atoms with Crippen molar-refractivity contribution in [2.75, 3.05) is 27.7 Å². The number of carbonyl (C=O) groups excluding carboxylic acids is 1. The van der Waals surface area contributed by atoms with Crippen LogP contribution in [0.1, 0.15) is 33.4 Å². The van der Waals surface area contributed by atoms with Crippen molar-refractivity contribution in [3.8, 4) is 11.4 Å². The summed E-state index contributed by atoms with van der Waals surface area (Å²) in [5, 5.41) is 3.07. The molecule has 3 aromatic rings. The van der Waals surface area contributed by atoms with E-state index in [1.807, 2.05) is 62.6 Å². The number of carbonyl (C=O) groups is 1. The summed E-state index contributed by atoms with van der Waals surface area (Å²) < 4.78 is 7.41. The number of nitrogens with one attached hydrogen (secondary N) is 1. The van der Waals surface area contributed by atoms with E-state index in [1.165, 1.54) is 11.4 Å². The minimum absolute atomic E-state index is 0.0714. The van der Waals surface area contributed by atoms with Gasteiger partial charge < -0.3 is 19.5 Å². The summed E-state index contributed by atoms with van der Waals surface area (Å²) >= 11 is 0. The van der Waals surface area contributed by atoms with E-state index in [4.69, 9.17) is 4.74 Å². The highest BCUT2D eigenvalue weighted by Gasteiger charge is 2.16. The minimum atomic E-state index is -0.0714. The molecule has 0 saturated carbocycles. The standard InChI is InChI=1S/C24H29N3O2/c1-17-6-7-18(2)27(17)21-12-8-20(9-13-21)24(28)25-16-23(26(3)4)19-10-14-22(29-5)15-11-19/h6-15,23H,16H2,1-5H3,(H,25,28)/t23-/m0/s1. The normalized spacial score (nSPS) is 12.1. The van der Waals surface area contributed by atoms with Gasteiger partial charge in [0.15, 0.2) is 0 Å². The predicted octanol–water partition coefficient (Wildman–Crippen LogP) is 4.14. The fraction of sp³-hybridized carbons (Fsp3) is 0.292. The fourth-order valence-corrected chi connectivity index (χ4v) is 3.55. The highest BCUT2D eigenvalue weighted by molar-refractivity contribution is 5.94. The largest absolute Gasteiger partial charge is 0.497 e. The van der Waals surface area contributed by atoms with E-state index in [2.05, 4.69) is 40.8 Å². The molecule has 152 valence electrons. The molecule has 1 aromatic heterocycles. The van der Waals surface area contributed by atoms with Gasteiger partial charge in [-0.2, -0.15) is 0 Å². The first-order valence-electron chi connectivity index (χ1n) is 9.74. The first-order chi connectivity index (χ1) is 13.9. The molecule has 1 heterocycles. The molecule has 0 aliphatic rings. The van der Waals surface area contributed by atoms with E-state index in [1.54, 1.807) is 7.11 Å². The van der Waals surface area contributed by atoms with Crippen molar-refractivity contribution in [1.82, 2.24) is 14.8 Å². The number of methoxy groups -OCH3 is 1. The van der Waals surface area contributed by atoms with Crippen LogP contribution < -0.4 is 10.1 Å². The average molecular weight is 392 g/mol. The number of hydrogen-bond donors (Lipinski definition) is 1. The van der Waals surface area contributed by atoms with Gasteiger partial charge in [-0.1, -0.05) is 12.1 Å². The van der Waals surface area contributed by atoms with Gasteiger partial charge in [0.2, 0.25) is 0 Å². The average Bonchev–Trinajstić information content (AvgIpc) is 3.06. The Labute approximate surface area is 172 Å². The van der Waals surface area contributed by atoms with E-state index in [-0.39, 0.29) is 11.9 Å². The number of amides is 1. The quantitative estimate of drug-likeness (QED) is 0.659. The number of aryl methyl sites for hydroxylation is 2. The molecular formula is C24H29N3O2. The molecular weight excluding hydrogens is 362 g/mol. The minimum Gasteiger partial charge on any atom is -0.497 e. The number of ether oxygens (including phenoxy) is 1. The van der Waals surface area contributed by atoms with Crippen molar-refractivity contribution in [1.29, 1.82) is 0 Å². The Morgan fingerprint density at radius 3 is 2.07 bits per heavy atom. The van der Waals surface area contributed by atoms with E-state index in [0.29, 0.717) is 12.1 Å². The molecule has 5 heteroatoms. The number of likely N-dealkylation sites (N-methyl/N-ethyl adjacent to an activating group) is 1. The van der Waals surface area contributed by atoms with Crippen molar-refractivity contribution in [2.45, 2.75) is 19.9 Å². The molecule has 0 fully saturated rings. The van der Waals surface area contributed by atoms with Gasteiger partial charge in [0.25, 0.3) is 5.91 Å². The van der Waals surface area contributed by atoms with Crippen LogP contribution in [-0.2, 0) is 0 Å². The summed E-state index contributed by atoms with van der Waals surface area (Å²) in [4.78, 5) is 14.8. The summed E-state index contributed by atoms with van der Waals surface area (Å²) in [5.74, 6) is 0.751. The summed E-state index contributed by atoms with van der Waals surface area (Å²) in [6.45, 7) is 4.68. The van der Waals surface area contributed by atoms with Crippen LogP contribution in [0, 0.1) is 13.8 Å². The Kier molecular flexibility index (Phi) is 6.39. The van der Waals surface area contributed by atoms with Gasteiger partial charge in [-0.3, -0.25) is 4.79 Å². The Morgan fingerprint density at radius 1 is 0.966 bits per heavy atom. The zero-order valence-corrected chi connectivity index (χ0v) is 17.8. The Hall–Kier alpha value is -3.05. The van der Waals surface area contributed by atoms with E-state index < -0.39 is 0 Å². The second-order valence-electron chi connectivity index (χ2n) is 7.46. The van der Waals surface area contributed by atoms with Crippen LogP contribution in [0.4, 0.5) is 0 Å². The molecule has 0 aliphatic heterocycles. The molecule has 3 rings (SSSR count). The maximum atomic E-state index is 12.7. The third-order valence-electron chi connectivity index (χ3n) is 5.24. The molecule has 0 aliphatic carbocycles. The van der Waals surface area contributed by atoms with Gasteiger partial charge in [0, 0.05) is 29.2 Å². The molecule has 5 nitrogen and oxygen atoms in total. The summed E-state index contributed by atoms with van der Waals surface area (Å²) in [7, 11) is 5.68. The molecule has 1 atom stereocenters. The van der Waals surface area contributed by atoms with Gasteiger partial charge in [-0.25, -0.2) is 0 Å². The highest BCUT2D eigenvalue weighted by Crippen LogP contribution is 2.21. The Balaban J connectivity index is 1.68. The highest BCUT2D eigenvalue weighted by atomic mass is 16.5. The first-order valence-corrected chi connectivity index (χ1v) is 9.74. The summed E-state index contributed by atoms with van der Waals surface area (Å²) in [6.07, 6.45) is 0. The van der Waals surface area contributed by atoms with Crippen LogP contribution in [0.15, 0.2) is 60.7 Å². The van der Waals surface area contributed by atoms with Crippen molar-refractivity contribution in [3.63, 3.8) is 0 Å². The molecule has 0 unspecified atom stereocenters. The van der Waals surface area contributed by atoms with Gasteiger partial charge in [-0.15, -0.1) is 0 Å². The third kappa shape index (κ3) is 4.69. The summed E-state index contributed by atoms with van der Waals surface area (Å²) in [5.41, 5.74) is 5.19. The van der Waals surface area contributed by atoms with Gasteiger partial charge in [0.1, 0.15) is 5.75 Å². The smallest absolute Gasteiger partial charge is 0.251 e. The van der Waals surface area contributed by atoms with Crippen LogP contribution >= 0.6 is 0 Å². The van der Waals surface area contributed by atoms with Crippen LogP contribution in [0.3, 0.4) is 0 Å². The Bertz CT molecular complexity index is 937. The monoisotopic (exact) mass is 391 g/mol. The number of aromatic nitrogens is 1. The maximum absolute atomic E-state index is 12.7. The second-order valence-corrected chi connectivity index (χ2v) is 7.46. The Morgan fingerprint density at radius 2 is 1.55 bits per heavy atom. The molecule has 1 N–H and O–H groups in total. The molecule has 0 spiro atoms. The third-order valence-corrected chi connectivity index (χ3v) is 5.24. The molecule has 0 radical (unpaired) electrons. The molecule has 2 aromatic carbocycles. The van der Waals surface area contributed by atoms with E-state index >= 15 is 0 Å². The van der Waals surface area contributed by atoms with Crippen LogP contribution in [0.2, 0.25) is 0 Å². The number of hydrogen-bond acceptors (Lipinski definition) is 3. The number of nitrogens with zero attached hydrogens (tertiary/aromatic N) is 2. The molecule has 1 amide bonds. The molecule has 0 saturated heterocycles. The summed E-state index contributed by atoms with van der Waals surface area (Å²) in [6, 6.07) is 19.9. The lowest BCUT2D eigenvalue weighted by molar-refractivity contribution is 0.0942. The van der Waals surface area contributed by atoms with Gasteiger partial charge >= 0.3 is 0 Å². The lowest BCUT2D eigenvalue weighted by Gasteiger charge is -2.25. The predicted molar refractivity (Wildman–Crippen MR) is 117 cm³/mol. The zero-order chi connectivity index (χ0) is 21.0. The number of benzene rings is 2. The molecule has 29 heavy (non-hydrogen) atoms. The second kappa shape index (κ2) is 8.97. The van der Waals surface area contributed by atoms with Crippen LogP contribution in [0.25, 0.3) is 5.69 Å². The lowest BCUT2D eigenvalue weighted by atomic mass is 10.1. The lowest BCUT2D eigenvalue weighted by Crippen LogP contribution is -2.34. The van der Waals surface area contributed by atoms with Crippen molar-refractivity contribution in [3.05, 3.63) is 83.2 Å². The van der Waals surface area contributed by atoms with Gasteiger partial charge in [-0.05, 0) is 82.0 Å². The zero-order valence-electron chi connectivity index (χ0n) is 17.8. The SMILES string of the molecule is COc1ccc([C@H](CNC(=O)c2ccc(-n3c(C)ccc3C)cc2)N(C)C)cc1. The van der Waals surface area contributed by atoms with Gasteiger partial charge in [0.05, 0.1) is 13.2 Å². The van der Waals surface area contributed by atoms with Crippen molar-refractivity contribution < 1.29 is 9.53 Å². The first kappa shape index (κ1) is 20.7. The van der Waals surface area contributed by atoms with Crippen LogP contribution in [0.5, 0.6) is 5.75 Å². The fourth-order valence-electron chi connectivity index (χ4n) is 3.55. The van der Waals surface area contributed by atoms with E-state index in [9.17, 15) is 4.79 Å². The van der Waals surface area contributed by atoms with Crippen LogP contribution in [-0.4, -0.2) is 43.1 Å². The number of rotatable bonds is 7. The molecule has 0 bridgehead atoms. The van der Waals surface area contributed by atoms with Crippen molar-refractivity contribution >= 4 is 5.91 Å². The van der Waals surface area contributed by atoms with Crippen molar-refractivity contribution in [2.24, 2.45) is 0 Å². The maximum Gasteiger partial charge on any atom is 0.251 e.